The molecule has 2 aromatic carbocycles. The maximum Gasteiger partial charge on any atom is 0.295 e. The summed E-state index contributed by atoms with van der Waals surface area (Å²) in [4.78, 5) is 25.8. The van der Waals surface area contributed by atoms with Gasteiger partial charge in [-0.3, -0.25) is 14.3 Å². The van der Waals surface area contributed by atoms with Gasteiger partial charge in [-0.25, -0.2) is 17.4 Å². The van der Waals surface area contributed by atoms with Gasteiger partial charge in [0.15, 0.2) is 0 Å². The van der Waals surface area contributed by atoms with Crippen LogP contribution in [0.4, 0.5) is 5.69 Å². The summed E-state index contributed by atoms with van der Waals surface area (Å²) in [5.41, 5.74) is 1.10. The van der Waals surface area contributed by atoms with E-state index in [2.05, 4.69) is 21.2 Å². The molecule has 3 aromatic rings. The van der Waals surface area contributed by atoms with Crippen molar-refractivity contribution in [2.24, 2.45) is 7.05 Å². The highest BCUT2D eigenvalue weighted by molar-refractivity contribution is 9.10. The number of nitrogens with one attached hydrogen (secondary N) is 1. The largest absolute Gasteiger partial charge is 0.316 e. The lowest BCUT2D eigenvalue weighted by molar-refractivity contribution is 0.102. The first kappa shape index (κ1) is 22.0. The second-order valence-corrected chi connectivity index (χ2v) is 9.80. The third-order valence-corrected chi connectivity index (χ3v) is 7.55. The minimum absolute atomic E-state index is 0.0355. The molecule has 0 saturated heterocycles. The van der Waals surface area contributed by atoms with Crippen molar-refractivity contribution in [2.75, 3.05) is 19.4 Å². The molecule has 10 heteroatoms. The van der Waals surface area contributed by atoms with E-state index >= 15 is 0 Å². The second kappa shape index (κ2) is 8.21. The van der Waals surface area contributed by atoms with Crippen LogP contribution in [0.5, 0.6) is 0 Å². The van der Waals surface area contributed by atoms with Crippen molar-refractivity contribution in [1.29, 1.82) is 0 Å². The fraction of sp³-hybridized carbons (Fsp3) is 0.200. The van der Waals surface area contributed by atoms with Crippen LogP contribution in [-0.4, -0.2) is 42.1 Å². The number of halogens is 1. The Morgan fingerprint density at radius 3 is 2.33 bits per heavy atom. The third-order valence-electron chi connectivity index (χ3n) is 4.74. The average Bonchev–Trinajstić information content (AvgIpc) is 2.91. The van der Waals surface area contributed by atoms with Crippen molar-refractivity contribution in [2.45, 2.75) is 11.8 Å². The Morgan fingerprint density at radius 2 is 1.73 bits per heavy atom. The highest BCUT2D eigenvalue weighted by atomic mass is 79.9. The maximum atomic E-state index is 13.0. The van der Waals surface area contributed by atoms with Crippen LogP contribution >= 0.6 is 15.9 Å². The summed E-state index contributed by atoms with van der Waals surface area (Å²) in [5.74, 6) is -0.580. The molecule has 0 unspecified atom stereocenters. The molecule has 158 valence electrons. The summed E-state index contributed by atoms with van der Waals surface area (Å²) < 4.78 is 29.5. The second-order valence-electron chi connectivity index (χ2n) is 6.82. The standard InChI is InChI=1S/C20H21BrN4O4S/c1-13-18(20(27)25(24(13)4)15-8-6-5-7-9-15)22-19(26)14-10-11-16(21)17(12-14)30(28,29)23(2)3/h5-12H,1-4H3,(H,22,26). The molecular formula is C20H21BrN4O4S. The van der Waals surface area contributed by atoms with E-state index < -0.39 is 15.9 Å². The minimum atomic E-state index is -3.75. The minimum Gasteiger partial charge on any atom is -0.316 e. The van der Waals surface area contributed by atoms with Gasteiger partial charge in [0, 0.05) is 31.2 Å². The van der Waals surface area contributed by atoms with Gasteiger partial charge in [0.1, 0.15) is 5.69 Å². The van der Waals surface area contributed by atoms with Gasteiger partial charge >= 0.3 is 0 Å². The fourth-order valence-electron chi connectivity index (χ4n) is 2.94. The van der Waals surface area contributed by atoms with Gasteiger partial charge in [0.25, 0.3) is 11.5 Å². The molecule has 0 fully saturated rings. The Hall–Kier alpha value is -2.69. The van der Waals surface area contributed by atoms with E-state index in [1.54, 1.807) is 30.8 Å². The van der Waals surface area contributed by atoms with Crippen LogP contribution in [0.1, 0.15) is 16.1 Å². The van der Waals surface area contributed by atoms with Crippen LogP contribution in [0, 0.1) is 6.92 Å². The third kappa shape index (κ3) is 3.85. The lowest BCUT2D eigenvalue weighted by Gasteiger charge is -2.14. The number of nitrogens with zero attached hydrogens (tertiary/aromatic N) is 3. The van der Waals surface area contributed by atoms with Crippen molar-refractivity contribution in [3.05, 3.63) is 74.6 Å². The van der Waals surface area contributed by atoms with E-state index in [1.165, 1.54) is 37.0 Å². The number of sulfonamides is 1. The zero-order valence-electron chi connectivity index (χ0n) is 16.9. The van der Waals surface area contributed by atoms with Gasteiger partial charge in [-0.2, -0.15) is 0 Å². The first-order chi connectivity index (χ1) is 14.1. The molecule has 0 saturated carbocycles. The number of aromatic nitrogens is 2. The summed E-state index contributed by atoms with van der Waals surface area (Å²) in [5, 5.41) is 2.64. The SMILES string of the molecule is Cc1c(NC(=O)c2ccc(Br)c(S(=O)(=O)N(C)C)c2)c(=O)n(-c2ccccc2)n1C. The van der Waals surface area contributed by atoms with Gasteiger partial charge in [-0.05, 0) is 53.2 Å². The highest BCUT2D eigenvalue weighted by Crippen LogP contribution is 2.26. The number of hydrogen-bond donors (Lipinski definition) is 1. The molecule has 0 radical (unpaired) electrons. The lowest BCUT2D eigenvalue weighted by Crippen LogP contribution is -2.24. The average molecular weight is 493 g/mol. The normalized spacial score (nSPS) is 11.7. The molecule has 0 aliphatic heterocycles. The number of para-hydroxylation sites is 1. The van der Waals surface area contributed by atoms with Crippen molar-refractivity contribution in [3.8, 4) is 5.69 Å². The number of carbonyl (C=O) groups excluding carboxylic acids is 1. The van der Waals surface area contributed by atoms with Crippen LogP contribution in [0.3, 0.4) is 0 Å². The van der Waals surface area contributed by atoms with Gasteiger partial charge < -0.3 is 5.32 Å². The summed E-state index contributed by atoms with van der Waals surface area (Å²) in [7, 11) is 0.789. The molecule has 0 aliphatic carbocycles. The molecule has 1 aromatic heterocycles. The van der Waals surface area contributed by atoms with Crippen LogP contribution in [0.2, 0.25) is 0 Å². The van der Waals surface area contributed by atoms with Crippen LogP contribution in [0.15, 0.2) is 62.7 Å². The van der Waals surface area contributed by atoms with Crippen molar-refractivity contribution < 1.29 is 13.2 Å². The van der Waals surface area contributed by atoms with E-state index in [0.717, 1.165) is 4.31 Å². The topological polar surface area (TPSA) is 93.4 Å². The molecule has 0 atom stereocenters. The molecule has 1 amide bonds. The first-order valence-electron chi connectivity index (χ1n) is 8.93. The van der Waals surface area contributed by atoms with Crippen molar-refractivity contribution >= 4 is 37.5 Å². The van der Waals surface area contributed by atoms with Crippen LogP contribution in [-0.2, 0) is 17.1 Å². The predicted molar refractivity (Wildman–Crippen MR) is 119 cm³/mol. The molecule has 8 nitrogen and oxygen atoms in total. The molecule has 3 rings (SSSR count). The Bertz CT molecular complexity index is 1280. The lowest BCUT2D eigenvalue weighted by atomic mass is 10.2. The number of hydrogen-bond acceptors (Lipinski definition) is 4. The molecule has 1 heterocycles. The van der Waals surface area contributed by atoms with E-state index in [1.807, 2.05) is 18.2 Å². The Morgan fingerprint density at radius 1 is 1.10 bits per heavy atom. The van der Waals surface area contributed by atoms with E-state index in [4.69, 9.17) is 0 Å². The first-order valence-corrected chi connectivity index (χ1v) is 11.2. The summed E-state index contributed by atoms with van der Waals surface area (Å²) >= 11 is 3.22. The molecule has 0 spiro atoms. The highest BCUT2D eigenvalue weighted by Gasteiger charge is 2.23. The smallest absolute Gasteiger partial charge is 0.295 e. The molecule has 1 N–H and O–H groups in total. The number of rotatable bonds is 5. The molecule has 0 aliphatic rings. The Labute approximate surface area is 182 Å². The molecule has 0 bridgehead atoms. The summed E-state index contributed by atoms with van der Waals surface area (Å²) in [6, 6.07) is 13.3. The maximum absolute atomic E-state index is 13.0. The van der Waals surface area contributed by atoms with E-state index in [0.29, 0.717) is 15.9 Å². The zero-order chi connectivity index (χ0) is 22.2. The fourth-order valence-corrected chi connectivity index (χ4v) is 4.78. The zero-order valence-corrected chi connectivity index (χ0v) is 19.3. The number of carbonyl (C=O) groups is 1. The molecular weight excluding hydrogens is 472 g/mol. The van der Waals surface area contributed by atoms with Crippen molar-refractivity contribution in [3.63, 3.8) is 0 Å². The van der Waals surface area contributed by atoms with Gasteiger partial charge in [0.05, 0.1) is 16.3 Å². The monoisotopic (exact) mass is 492 g/mol. The van der Waals surface area contributed by atoms with Crippen LogP contribution in [0.25, 0.3) is 5.69 Å². The van der Waals surface area contributed by atoms with Crippen molar-refractivity contribution in [1.82, 2.24) is 13.7 Å². The van der Waals surface area contributed by atoms with Gasteiger partial charge in [-0.1, -0.05) is 18.2 Å². The van der Waals surface area contributed by atoms with Crippen LogP contribution < -0.4 is 10.9 Å². The molecule has 30 heavy (non-hydrogen) atoms. The van der Waals surface area contributed by atoms with Gasteiger partial charge in [-0.15, -0.1) is 0 Å². The summed E-state index contributed by atoms with van der Waals surface area (Å²) in [6.45, 7) is 1.72. The number of anilines is 1. The number of amides is 1. The van der Waals surface area contributed by atoms with E-state index in [-0.39, 0.29) is 21.7 Å². The predicted octanol–water partition coefficient (Wildman–Crippen LogP) is 2.75. The summed E-state index contributed by atoms with van der Waals surface area (Å²) in [6.07, 6.45) is 0. The number of benzene rings is 2. The quantitative estimate of drug-likeness (QED) is 0.592. The Balaban J connectivity index is 2.01. The van der Waals surface area contributed by atoms with Gasteiger partial charge in [0.2, 0.25) is 10.0 Å². The van der Waals surface area contributed by atoms with E-state index in [9.17, 15) is 18.0 Å². The Kier molecular flexibility index (Phi) is 6.02.